The molecule has 0 saturated carbocycles. The number of methoxy groups -OCH3 is 1. The Balaban J connectivity index is 1.43. The highest BCUT2D eigenvalue weighted by molar-refractivity contribution is 5.81. The van der Waals surface area contributed by atoms with Crippen LogP contribution in [-0.2, 0) is 17.5 Å². The van der Waals surface area contributed by atoms with Gasteiger partial charge in [-0.05, 0) is 25.1 Å². The van der Waals surface area contributed by atoms with E-state index in [2.05, 4.69) is 19.9 Å². The molecule has 10 nitrogen and oxygen atoms in total. The quantitative estimate of drug-likeness (QED) is 0.422. The molecule has 0 bridgehead atoms. The zero-order valence-electron chi connectivity index (χ0n) is 18.7. The van der Waals surface area contributed by atoms with Crippen LogP contribution in [-0.4, -0.2) is 66.3 Å². The van der Waals surface area contributed by atoms with Crippen LogP contribution in [0.5, 0.6) is 11.6 Å². The number of imidazole rings is 1. The molecule has 1 amide bonds. The summed E-state index contributed by atoms with van der Waals surface area (Å²) in [5.41, 5.74) is 0.187. The van der Waals surface area contributed by atoms with Gasteiger partial charge in [0.05, 0.1) is 25.4 Å². The molecule has 5 heterocycles. The van der Waals surface area contributed by atoms with E-state index in [1.165, 1.54) is 23.2 Å². The molecule has 4 aromatic heterocycles. The summed E-state index contributed by atoms with van der Waals surface area (Å²) < 4.78 is 52.9. The Morgan fingerprint density at radius 3 is 2.63 bits per heavy atom. The van der Waals surface area contributed by atoms with E-state index in [0.29, 0.717) is 47.9 Å². The van der Waals surface area contributed by atoms with Gasteiger partial charge in [-0.1, -0.05) is 0 Å². The molecule has 0 unspecified atom stereocenters. The van der Waals surface area contributed by atoms with Crippen molar-refractivity contribution in [1.82, 2.24) is 34.0 Å². The Labute approximate surface area is 197 Å². The second kappa shape index (κ2) is 8.65. The Morgan fingerprint density at radius 2 is 1.97 bits per heavy atom. The number of nitrogens with zero attached hydrogens (tertiary/aromatic N) is 7. The molecule has 0 aromatic carbocycles. The van der Waals surface area contributed by atoms with Crippen LogP contribution in [0, 0.1) is 0 Å². The number of hydrogen-bond acceptors (Lipinski definition) is 7. The van der Waals surface area contributed by atoms with Crippen LogP contribution in [0.25, 0.3) is 22.6 Å². The summed E-state index contributed by atoms with van der Waals surface area (Å²) >= 11 is 0. The maximum Gasteiger partial charge on any atom is 0.433 e. The van der Waals surface area contributed by atoms with Gasteiger partial charge in [-0.15, -0.1) is 0 Å². The highest BCUT2D eigenvalue weighted by Crippen LogP contribution is 2.32. The summed E-state index contributed by atoms with van der Waals surface area (Å²) in [4.78, 5) is 30.7. The van der Waals surface area contributed by atoms with Crippen LogP contribution >= 0.6 is 0 Å². The molecule has 1 fully saturated rings. The van der Waals surface area contributed by atoms with E-state index in [-0.39, 0.29) is 18.0 Å². The first-order chi connectivity index (χ1) is 16.8. The number of aryl methyl sites for hydroxylation is 1. The highest BCUT2D eigenvalue weighted by Gasteiger charge is 2.33. The number of carbonyl (C=O) groups excluding carboxylic acids is 1. The number of aromatic nitrogens is 6. The van der Waals surface area contributed by atoms with Crippen LogP contribution in [0.3, 0.4) is 0 Å². The molecule has 4 aromatic rings. The van der Waals surface area contributed by atoms with Crippen molar-refractivity contribution in [1.29, 1.82) is 0 Å². The molecule has 5 rings (SSSR count). The first-order valence-corrected chi connectivity index (χ1v) is 10.7. The smallest absolute Gasteiger partial charge is 0.433 e. The summed E-state index contributed by atoms with van der Waals surface area (Å²) in [7, 11) is 1.61. The molecule has 1 saturated heterocycles. The number of fused-ring (bicyclic) bond motifs is 1. The molecule has 1 aliphatic rings. The molecule has 0 radical (unpaired) electrons. The lowest BCUT2D eigenvalue weighted by Gasteiger charge is -2.37. The summed E-state index contributed by atoms with van der Waals surface area (Å²) in [6.45, 7) is 3.35. The maximum absolute atomic E-state index is 12.9. The Morgan fingerprint density at radius 1 is 1.17 bits per heavy atom. The molecule has 13 heteroatoms. The lowest BCUT2D eigenvalue weighted by atomic mass is 10.2. The van der Waals surface area contributed by atoms with E-state index in [4.69, 9.17) is 9.47 Å². The average Bonchev–Trinajstić information content (AvgIpc) is 3.43. The van der Waals surface area contributed by atoms with Crippen molar-refractivity contribution in [3.63, 3.8) is 0 Å². The number of pyridine rings is 1. The number of carbonyl (C=O) groups is 1. The minimum Gasteiger partial charge on any atom is -0.435 e. The number of halogens is 3. The van der Waals surface area contributed by atoms with Gasteiger partial charge in [0, 0.05) is 31.6 Å². The fourth-order valence-electron chi connectivity index (χ4n) is 3.78. The normalized spacial score (nSPS) is 14.4. The molecule has 1 aliphatic heterocycles. The third kappa shape index (κ3) is 4.18. The molecular formula is C22H20F3N7O3. The van der Waals surface area contributed by atoms with Crippen LogP contribution in [0.4, 0.5) is 18.0 Å². The molecule has 0 atom stereocenters. The van der Waals surface area contributed by atoms with E-state index in [1.807, 2.05) is 6.92 Å². The molecule has 182 valence electrons. The van der Waals surface area contributed by atoms with Crippen LogP contribution in [0.1, 0.15) is 12.6 Å². The van der Waals surface area contributed by atoms with Crippen molar-refractivity contribution < 1.29 is 27.4 Å². The minimum atomic E-state index is -4.53. The van der Waals surface area contributed by atoms with Gasteiger partial charge in [0.2, 0.25) is 0 Å². The van der Waals surface area contributed by atoms with Gasteiger partial charge in [0.15, 0.2) is 11.2 Å². The number of likely N-dealkylation sites (tertiary alicyclic amines) is 1. The summed E-state index contributed by atoms with van der Waals surface area (Å²) in [5, 5.41) is 0. The lowest BCUT2D eigenvalue weighted by Crippen LogP contribution is -2.55. The van der Waals surface area contributed by atoms with Gasteiger partial charge < -0.3 is 18.9 Å². The SMILES string of the molecule is CCn1c(-c2ccc(C(F)(F)F)nc2)nc2c(Oc3ccn(C(=O)N4CC(OC)C4)c3)ncnc21. The third-order valence-corrected chi connectivity index (χ3v) is 5.68. The zero-order chi connectivity index (χ0) is 24.7. The van der Waals surface area contributed by atoms with Crippen molar-refractivity contribution in [2.24, 2.45) is 0 Å². The monoisotopic (exact) mass is 487 g/mol. The van der Waals surface area contributed by atoms with Crippen LogP contribution in [0.15, 0.2) is 43.1 Å². The van der Waals surface area contributed by atoms with Crippen molar-refractivity contribution in [2.75, 3.05) is 20.2 Å². The first kappa shape index (κ1) is 22.8. The second-order valence-electron chi connectivity index (χ2n) is 7.86. The molecular weight excluding hydrogens is 467 g/mol. The average molecular weight is 487 g/mol. The van der Waals surface area contributed by atoms with Gasteiger partial charge in [0.1, 0.15) is 23.6 Å². The number of alkyl halides is 3. The van der Waals surface area contributed by atoms with Gasteiger partial charge >= 0.3 is 12.2 Å². The molecule has 0 spiro atoms. The lowest BCUT2D eigenvalue weighted by molar-refractivity contribution is -0.141. The predicted octanol–water partition coefficient (Wildman–Crippen LogP) is 3.82. The number of ether oxygens (including phenoxy) is 2. The van der Waals surface area contributed by atoms with Crippen molar-refractivity contribution in [3.8, 4) is 23.0 Å². The van der Waals surface area contributed by atoms with E-state index in [1.54, 1.807) is 28.8 Å². The van der Waals surface area contributed by atoms with Gasteiger partial charge in [-0.2, -0.15) is 18.2 Å². The fourth-order valence-corrected chi connectivity index (χ4v) is 3.78. The molecule has 0 N–H and O–H groups in total. The molecule has 0 aliphatic carbocycles. The Bertz CT molecular complexity index is 1380. The van der Waals surface area contributed by atoms with Gasteiger partial charge in [0.25, 0.3) is 5.88 Å². The van der Waals surface area contributed by atoms with E-state index in [0.717, 1.165) is 12.3 Å². The summed E-state index contributed by atoms with van der Waals surface area (Å²) in [6, 6.07) is 3.64. The Hall–Kier alpha value is -4.00. The predicted molar refractivity (Wildman–Crippen MR) is 117 cm³/mol. The standard InChI is InChI=1S/C22H20F3N7O3/c1-3-32-18(13-4-5-16(26-8-13)22(23,24)25)29-17-19(32)27-12-28-20(17)35-14-6-7-30(9-14)21(33)31-10-15(11-31)34-2/h4-9,12,15H,3,10-11H2,1-2H3. The first-order valence-electron chi connectivity index (χ1n) is 10.7. The van der Waals surface area contributed by atoms with Crippen LogP contribution in [0.2, 0.25) is 0 Å². The largest absolute Gasteiger partial charge is 0.435 e. The fraction of sp³-hybridized carbons (Fsp3) is 0.318. The summed E-state index contributed by atoms with van der Waals surface area (Å²) in [5.74, 6) is 0.898. The Kier molecular flexibility index (Phi) is 5.63. The highest BCUT2D eigenvalue weighted by atomic mass is 19.4. The zero-order valence-corrected chi connectivity index (χ0v) is 18.7. The topological polar surface area (TPSA) is 100 Å². The van der Waals surface area contributed by atoms with E-state index < -0.39 is 11.9 Å². The minimum absolute atomic E-state index is 0.0438. The van der Waals surface area contributed by atoms with Gasteiger partial charge in [-0.3, -0.25) is 9.55 Å². The van der Waals surface area contributed by atoms with E-state index >= 15 is 0 Å². The number of hydrogen-bond donors (Lipinski definition) is 0. The third-order valence-electron chi connectivity index (χ3n) is 5.68. The number of amides is 1. The van der Waals surface area contributed by atoms with Gasteiger partial charge in [-0.25, -0.2) is 14.8 Å². The van der Waals surface area contributed by atoms with Crippen molar-refractivity contribution >= 4 is 17.2 Å². The van der Waals surface area contributed by atoms with Crippen molar-refractivity contribution in [2.45, 2.75) is 25.7 Å². The van der Waals surface area contributed by atoms with Crippen molar-refractivity contribution in [3.05, 3.63) is 48.8 Å². The molecule has 35 heavy (non-hydrogen) atoms. The van der Waals surface area contributed by atoms with Crippen LogP contribution < -0.4 is 4.74 Å². The summed E-state index contributed by atoms with van der Waals surface area (Å²) in [6.07, 6.45) is 1.07. The second-order valence-corrected chi connectivity index (χ2v) is 7.86. The number of rotatable bonds is 5. The maximum atomic E-state index is 12.9. The van der Waals surface area contributed by atoms with E-state index in [9.17, 15) is 18.0 Å².